The highest BCUT2D eigenvalue weighted by Gasteiger charge is 2.51. The predicted octanol–water partition coefficient (Wildman–Crippen LogP) is 4.31. The molecule has 1 amide bonds. The molecule has 0 N–H and O–H groups in total. The number of likely N-dealkylation sites (tertiary alicyclic amines) is 1. The van der Waals surface area contributed by atoms with Crippen LogP contribution in [0.1, 0.15) is 68.1 Å². The second-order valence-electron chi connectivity index (χ2n) is 10.6. The third-order valence-electron chi connectivity index (χ3n) is 7.19. The van der Waals surface area contributed by atoms with E-state index in [0.29, 0.717) is 5.56 Å². The number of aromatic nitrogens is 1. The molecule has 0 unspecified atom stereocenters. The third-order valence-corrected chi connectivity index (χ3v) is 7.19. The molecule has 1 saturated heterocycles. The number of pyridine rings is 1. The van der Waals surface area contributed by atoms with E-state index in [9.17, 15) is 9.59 Å². The molecule has 2 aromatic rings. The van der Waals surface area contributed by atoms with E-state index in [-0.39, 0.29) is 29.4 Å². The Bertz CT molecular complexity index is 1040. The Morgan fingerprint density at radius 2 is 1.97 bits per heavy atom. The monoisotopic (exact) mass is 406 g/mol. The van der Waals surface area contributed by atoms with Gasteiger partial charge in [-0.25, -0.2) is 4.79 Å². The first-order chi connectivity index (χ1) is 14.2. The second kappa shape index (κ2) is 6.79. The summed E-state index contributed by atoms with van der Waals surface area (Å²) in [5, 5.41) is 0.821. The van der Waals surface area contributed by atoms with Crippen molar-refractivity contribution in [2.24, 2.45) is 10.8 Å². The van der Waals surface area contributed by atoms with Crippen molar-refractivity contribution in [1.29, 1.82) is 0 Å². The van der Waals surface area contributed by atoms with Crippen LogP contribution in [0.25, 0.3) is 10.9 Å². The maximum Gasteiger partial charge on any atom is 0.339 e. The highest BCUT2D eigenvalue weighted by Crippen LogP contribution is 2.52. The Kier molecular flexibility index (Phi) is 4.42. The molecule has 5 rings (SSSR count). The summed E-state index contributed by atoms with van der Waals surface area (Å²) in [7, 11) is 0. The SMILES string of the molecule is CC1(C)C[C@@H]2C[C@@](C)(CN2C(=O)COC(=O)c2c3c(nc4ccccc24)CCC3)C1. The van der Waals surface area contributed by atoms with Gasteiger partial charge in [0.2, 0.25) is 0 Å². The van der Waals surface area contributed by atoms with Gasteiger partial charge in [0.15, 0.2) is 6.61 Å². The fourth-order valence-electron chi connectivity index (χ4n) is 6.48. The van der Waals surface area contributed by atoms with E-state index < -0.39 is 5.97 Å². The lowest BCUT2D eigenvalue weighted by atomic mass is 9.65. The molecule has 5 heteroatoms. The Morgan fingerprint density at radius 3 is 2.80 bits per heavy atom. The van der Waals surface area contributed by atoms with Gasteiger partial charge >= 0.3 is 5.97 Å². The first-order valence-corrected chi connectivity index (χ1v) is 11.1. The lowest BCUT2D eigenvalue weighted by Gasteiger charge is -2.39. The molecule has 1 saturated carbocycles. The number of carbonyl (C=O) groups is 2. The number of para-hydroxylation sites is 1. The molecule has 1 aliphatic heterocycles. The summed E-state index contributed by atoms with van der Waals surface area (Å²) < 4.78 is 5.61. The number of hydrogen-bond donors (Lipinski definition) is 0. The topological polar surface area (TPSA) is 59.5 Å². The Hall–Kier alpha value is -2.43. The molecule has 5 nitrogen and oxygen atoms in total. The number of aryl methyl sites for hydroxylation is 1. The van der Waals surface area contributed by atoms with Crippen molar-refractivity contribution in [2.45, 2.75) is 65.3 Å². The highest BCUT2D eigenvalue weighted by molar-refractivity contribution is 6.05. The number of amides is 1. The van der Waals surface area contributed by atoms with Crippen LogP contribution in [0.3, 0.4) is 0 Å². The van der Waals surface area contributed by atoms with E-state index >= 15 is 0 Å². The number of rotatable bonds is 3. The van der Waals surface area contributed by atoms with Gasteiger partial charge in [0.05, 0.1) is 11.1 Å². The summed E-state index contributed by atoms with van der Waals surface area (Å²) in [4.78, 5) is 32.8. The van der Waals surface area contributed by atoms with Crippen molar-refractivity contribution in [3.8, 4) is 0 Å². The molecule has 1 aromatic carbocycles. The zero-order valence-electron chi connectivity index (χ0n) is 18.2. The average Bonchev–Trinajstić information content (AvgIpc) is 3.24. The van der Waals surface area contributed by atoms with Crippen LogP contribution in [-0.4, -0.2) is 41.0 Å². The summed E-state index contributed by atoms with van der Waals surface area (Å²) in [6.07, 6.45) is 5.94. The summed E-state index contributed by atoms with van der Waals surface area (Å²) in [6.45, 7) is 7.45. The molecule has 0 radical (unpaired) electrons. The van der Waals surface area contributed by atoms with Crippen molar-refractivity contribution in [3.63, 3.8) is 0 Å². The average molecular weight is 407 g/mol. The van der Waals surface area contributed by atoms with Gasteiger partial charge in [-0.1, -0.05) is 39.0 Å². The molecule has 158 valence electrons. The number of esters is 1. The third kappa shape index (κ3) is 3.28. The molecule has 2 heterocycles. The summed E-state index contributed by atoms with van der Waals surface area (Å²) >= 11 is 0. The van der Waals surface area contributed by atoms with Crippen LogP contribution < -0.4 is 0 Å². The van der Waals surface area contributed by atoms with E-state index in [4.69, 9.17) is 9.72 Å². The maximum absolute atomic E-state index is 13.1. The maximum atomic E-state index is 13.1. The molecule has 0 spiro atoms. The van der Waals surface area contributed by atoms with Gasteiger partial charge in [-0.15, -0.1) is 0 Å². The normalized spacial score (nSPS) is 26.6. The lowest BCUT2D eigenvalue weighted by Crippen LogP contribution is -2.39. The van der Waals surface area contributed by atoms with Gasteiger partial charge in [0.1, 0.15) is 0 Å². The molecule has 1 aromatic heterocycles. The molecule has 2 atom stereocenters. The highest BCUT2D eigenvalue weighted by atomic mass is 16.5. The molecule has 3 aliphatic rings. The van der Waals surface area contributed by atoms with E-state index in [1.807, 2.05) is 29.2 Å². The van der Waals surface area contributed by atoms with Gasteiger partial charge in [-0.05, 0) is 61.0 Å². The fourth-order valence-corrected chi connectivity index (χ4v) is 6.48. The Morgan fingerprint density at radius 1 is 1.17 bits per heavy atom. The number of benzene rings is 1. The molecule has 2 fully saturated rings. The zero-order valence-corrected chi connectivity index (χ0v) is 18.2. The van der Waals surface area contributed by atoms with Gasteiger partial charge in [-0.2, -0.15) is 0 Å². The minimum absolute atomic E-state index is 0.0650. The Balaban J connectivity index is 1.35. The first kappa shape index (κ1) is 19.5. The van der Waals surface area contributed by atoms with E-state index in [2.05, 4.69) is 20.8 Å². The number of nitrogens with zero attached hydrogens (tertiary/aromatic N) is 2. The summed E-state index contributed by atoms with van der Waals surface area (Å²) in [5.41, 5.74) is 3.84. The largest absolute Gasteiger partial charge is 0.452 e. The predicted molar refractivity (Wildman–Crippen MR) is 115 cm³/mol. The second-order valence-corrected chi connectivity index (χ2v) is 10.6. The van der Waals surface area contributed by atoms with Gasteiger partial charge < -0.3 is 9.64 Å². The van der Waals surface area contributed by atoms with Gasteiger partial charge in [-0.3, -0.25) is 9.78 Å². The van der Waals surface area contributed by atoms with Crippen LogP contribution in [-0.2, 0) is 22.4 Å². The van der Waals surface area contributed by atoms with Crippen LogP contribution in [0.15, 0.2) is 24.3 Å². The Labute approximate surface area is 177 Å². The first-order valence-electron chi connectivity index (χ1n) is 11.1. The number of carbonyl (C=O) groups excluding carboxylic acids is 2. The van der Waals surface area contributed by atoms with Crippen LogP contribution in [0.4, 0.5) is 0 Å². The van der Waals surface area contributed by atoms with Crippen molar-refractivity contribution >= 4 is 22.8 Å². The smallest absolute Gasteiger partial charge is 0.339 e. The van der Waals surface area contributed by atoms with E-state index in [1.54, 1.807) is 0 Å². The molecule has 30 heavy (non-hydrogen) atoms. The summed E-state index contributed by atoms with van der Waals surface area (Å²) in [5.74, 6) is -0.460. The molecular weight excluding hydrogens is 376 g/mol. The molecular formula is C25H30N2O3. The molecule has 2 bridgehead atoms. The summed E-state index contributed by atoms with van der Waals surface area (Å²) in [6, 6.07) is 7.97. The van der Waals surface area contributed by atoms with Crippen molar-refractivity contribution in [3.05, 3.63) is 41.1 Å². The van der Waals surface area contributed by atoms with Crippen LogP contribution in [0.2, 0.25) is 0 Å². The van der Waals surface area contributed by atoms with Gasteiger partial charge in [0.25, 0.3) is 5.91 Å². The van der Waals surface area contributed by atoms with Gasteiger partial charge in [0, 0.05) is 23.7 Å². The van der Waals surface area contributed by atoms with E-state index in [1.165, 1.54) is 0 Å². The number of ether oxygens (including phenoxy) is 1. The van der Waals surface area contributed by atoms with E-state index in [0.717, 1.165) is 67.2 Å². The lowest BCUT2D eigenvalue weighted by molar-refractivity contribution is -0.135. The van der Waals surface area contributed by atoms with Crippen LogP contribution >= 0.6 is 0 Å². The van der Waals surface area contributed by atoms with Crippen LogP contribution in [0, 0.1) is 10.8 Å². The fraction of sp³-hybridized carbons (Fsp3) is 0.560. The molecule has 2 aliphatic carbocycles. The quantitative estimate of drug-likeness (QED) is 0.713. The van der Waals surface area contributed by atoms with Crippen molar-refractivity contribution in [1.82, 2.24) is 9.88 Å². The number of fused-ring (bicyclic) bond motifs is 4. The zero-order chi connectivity index (χ0) is 21.1. The number of hydrogen-bond acceptors (Lipinski definition) is 4. The standard InChI is InChI=1S/C25H30N2O3/c1-24(2)11-16-12-25(3,14-24)15-27(16)21(28)13-30-23(29)22-17-7-4-5-9-19(17)26-20-10-6-8-18(20)22/h4-5,7,9,16H,6,8,10-15H2,1-3H3/t16-,25-/m1/s1. The van der Waals surface area contributed by atoms with Crippen LogP contribution in [0.5, 0.6) is 0 Å². The van der Waals surface area contributed by atoms with Crippen molar-refractivity contribution < 1.29 is 14.3 Å². The minimum atomic E-state index is -0.395. The minimum Gasteiger partial charge on any atom is -0.452 e. The van der Waals surface area contributed by atoms with Crippen molar-refractivity contribution in [2.75, 3.05) is 13.2 Å².